The molecule has 0 aromatic heterocycles. The van der Waals surface area contributed by atoms with Gasteiger partial charge in [0.25, 0.3) is 0 Å². The lowest BCUT2D eigenvalue weighted by Crippen LogP contribution is -2.49. The quantitative estimate of drug-likeness (QED) is 0.618. The van der Waals surface area contributed by atoms with Crippen molar-refractivity contribution in [1.29, 1.82) is 0 Å². The maximum absolute atomic E-state index is 12.4. The van der Waals surface area contributed by atoms with Gasteiger partial charge < -0.3 is 14.6 Å². The van der Waals surface area contributed by atoms with Crippen LogP contribution in [0.25, 0.3) is 0 Å². The molecule has 1 unspecified atom stereocenters. The monoisotopic (exact) mass is 343 g/mol. The minimum absolute atomic E-state index is 0.0239. The highest BCUT2D eigenvalue weighted by molar-refractivity contribution is 6.06. The predicted octanol–water partition coefficient (Wildman–Crippen LogP) is 2.78. The SMILES string of the molecule is CCOC(=O)C(OC(=O)Nc1ccccc1)(C(=O)O)c1ccccc1. The van der Waals surface area contributed by atoms with Crippen LogP contribution in [0, 0.1) is 0 Å². The maximum Gasteiger partial charge on any atom is 0.413 e. The van der Waals surface area contributed by atoms with E-state index in [-0.39, 0.29) is 12.2 Å². The van der Waals surface area contributed by atoms with Gasteiger partial charge in [-0.1, -0.05) is 48.5 Å². The fourth-order valence-corrected chi connectivity index (χ4v) is 2.18. The van der Waals surface area contributed by atoms with E-state index in [0.717, 1.165) is 0 Å². The summed E-state index contributed by atoms with van der Waals surface area (Å²) in [5.41, 5.74) is -2.23. The first-order chi connectivity index (χ1) is 12.0. The highest BCUT2D eigenvalue weighted by atomic mass is 16.6. The molecule has 2 aromatic rings. The van der Waals surface area contributed by atoms with Crippen LogP contribution in [0.3, 0.4) is 0 Å². The lowest BCUT2D eigenvalue weighted by Gasteiger charge is -2.27. The van der Waals surface area contributed by atoms with Crippen molar-refractivity contribution in [2.24, 2.45) is 0 Å². The Morgan fingerprint density at radius 1 is 1.00 bits per heavy atom. The predicted molar refractivity (Wildman–Crippen MR) is 88.9 cm³/mol. The average molecular weight is 343 g/mol. The number of amides is 1. The van der Waals surface area contributed by atoms with E-state index in [1.165, 1.54) is 31.2 Å². The van der Waals surface area contributed by atoms with Crippen molar-refractivity contribution in [3.05, 3.63) is 66.2 Å². The number of carboxylic acid groups (broad SMARTS) is 1. The first kappa shape index (κ1) is 18.0. The summed E-state index contributed by atoms with van der Waals surface area (Å²) in [5, 5.41) is 12.1. The molecule has 0 saturated heterocycles. The molecule has 1 amide bonds. The van der Waals surface area contributed by atoms with E-state index in [0.29, 0.717) is 5.69 Å². The smallest absolute Gasteiger partial charge is 0.413 e. The molecule has 7 nitrogen and oxygen atoms in total. The van der Waals surface area contributed by atoms with Crippen molar-refractivity contribution >= 4 is 23.7 Å². The molecule has 0 aliphatic heterocycles. The Hall–Kier alpha value is -3.35. The first-order valence-electron chi connectivity index (χ1n) is 7.52. The van der Waals surface area contributed by atoms with Gasteiger partial charge in [-0.15, -0.1) is 0 Å². The van der Waals surface area contributed by atoms with Crippen LogP contribution in [0.4, 0.5) is 10.5 Å². The van der Waals surface area contributed by atoms with Crippen LogP contribution in [0.1, 0.15) is 12.5 Å². The number of ether oxygens (including phenoxy) is 2. The zero-order valence-electron chi connectivity index (χ0n) is 13.5. The second-order valence-electron chi connectivity index (χ2n) is 4.95. The Labute approximate surface area is 144 Å². The Kier molecular flexibility index (Phi) is 5.73. The Bertz CT molecular complexity index is 747. The average Bonchev–Trinajstić information content (AvgIpc) is 2.61. The largest absolute Gasteiger partial charge is 0.478 e. The van der Waals surface area contributed by atoms with Crippen molar-refractivity contribution < 1.29 is 29.0 Å². The van der Waals surface area contributed by atoms with Crippen LogP contribution < -0.4 is 5.32 Å². The normalized spacial score (nSPS) is 12.5. The van der Waals surface area contributed by atoms with Crippen molar-refractivity contribution in [3.8, 4) is 0 Å². The number of esters is 1. The van der Waals surface area contributed by atoms with Crippen LogP contribution in [0.5, 0.6) is 0 Å². The van der Waals surface area contributed by atoms with Gasteiger partial charge in [0.1, 0.15) is 0 Å². The molecule has 0 spiro atoms. The van der Waals surface area contributed by atoms with Gasteiger partial charge in [-0.2, -0.15) is 0 Å². The highest BCUT2D eigenvalue weighted by Gasteiger charge is 2.54. The highest BCUT2D eigenvalue weighted by Crippen LogP contribution is 2.29. The third kappa shape index (κ3) is 3.95. The van der Waals surface area contributed by atoms with E-state index in [1.54, 1.807) is 36.4 Å². The van der Waals surface area contributed by atoms with Gasteiger partial charge in [0, 0.05) is 11.3 Å². The summed E-state index contributed by atoms with van der Waals surface area (Å²) < 4.78 is 9.93. The van der Waals surface area contributed by atoms with Crippen LogP contribution in [0.2, 0.25) is 0 Å². The molecule has 1 atom stereocenters. The molecule has 0 bridgehead atoms. The van der Waals surface area contributed by atoms with E-state index in [2.05, 4.69) is 5.32 Å². The van der Waals surface area contributed by atoms with E-state index in [9.17, 15) is 19.5 Å². The van der Waals surface area contributed by atoms with Gasteiger partial charge in [0.15, 0.2) is 0 Å². The molecule has 130 valence electrons. The molecule has 2 rings (SSSR count). The summed E-state index contributed by atoms with van der Waals surface area (Å²) >= 11 is 0. The number of carbonyl (C=O) groups is 3. The molecule has 0 saturated carbocycles. The van der Waals surface area contributed by atoms with Crippen molar-refractivity contribution in [2.45, 2.75) is 12.5 Å². The van der Waals surface area contributed by atoms with Gasteiger partial charge in [0.05, 0.1) is 6.61 Å². The molecule has 7 heteroatoms. The van der Waals surface area contributed by atoms with Crippen LogP contribution >= 0.6 is 0 Å². The molecular formula is C18H17NO6. The molecular weight excluding hydrogens is 326 g/mol. The van der Waals surface area contributed by atoms with Crippen LogP contribution in [-0.2, 0) is 24.7 Å². The number of anilines is 1. The van der Waals surface area contributed by atoms with Gasteiger partial charge in [0.2, 0.25) is 0 Å². The van der Waals surface area contributed by atoms with E-state index < -0.39 is 23.6 Å². The fourth-order valence-electron chi connectivity index (χ4n) is 2.18. The molecule has 2 N–H and O–H groups in total. The molecule has 2 aromatic carbocycles. The summed E-state index contributed by atoms with van der Waals surface area (Å²) in [4.78, 5) is 36.5. The molecule has 0 fully saturated rings. The first-order valence-corrected chi connectivity index (χ1v) is 7.52. The van der Waals surface area contributed by atoms with Gasteiger partial charge in [-0.3, -0.25) is 5.32 Å². The Balaban J connectivity index is 2.38. The summed E-state index contributed by atoms with van der Waals surface area (Å²) in [6, 6.07) is 15.8. The molecule has 0 aliphatic carbocycles. The molecule has 0 radical (unpaired) electrons. The zero-order valence-corrected chi connectivity index (χ0v) is 13.5. The van der Waals surface area contributed by atoms with Crippen molar-refractivity contribution in [1.82, 2.24) is 0 Å². The third-order valence-electron chi connectivity index (χ3n) is 3.31. The molecule has 0 heterocycles. The minimum atomic E-state index is -2.60. The fraction of sp³-hybridized carbons (Fsp3) is 0.167. The third-order valence-corrected chi connectivity index (χ3v) is 3.31. The lowest BCUT2D eigenvalue weighted by atomic mass is 9.93. The number of carbonyl (C=O) groups excluding carboxylic acids is 2. The van der Waals surface area contributed by atoms with E-state index in [1.807, 2.05) is 0 Å². The number of benzene rings is 2. The summed E-state index contributed by atoms with van der Waals surface area (Å²) in [6.07, 6.45) is -1.09. The molecule has 25 heavy (non-hydrogen) atoms. The number of para-hydroxylation sites is 1. The number of aliphatic carboxylic acids is 1. The zero-order chi connectivity index (χ0) is 18.3. The molecule has 0 aliphatic rings. The number of nitrogens with one attached hydrogen (secondary N) is 1. The summed E-state index contributed by atoms with van der Waals surface area (Å²) in [5.74, 6) is -2.84. The Morgan fingerprint density at radius 3 is 2.08 bits per heavy atom. The van der Waals surface area contributed by atoms with Gasteiger partial charge >= 0.3 is 23.6 Å². The second-order valence-corrected chi connectivity index (χ2v) is 4.95. The van der Waals surface area contributed by atoms with Crippen molar-refractivity contribution in [2.75, 3.05) is 11.9 Å². The number of hydrogen-bond donors (Lipinski definition) is 2. The summed E-state index contributed by atoms with van der Waals surface area (Å²) in [7, 11) is 0. The van der Waals surface area contributed by atoms with Crippen LogP contribution in [0.15, 0.2) is 60.7 Å². The topological polar surface area (TPSA) is 102 Å². The Morgan fingerprint density at radius 2 is 1.56 bits per heavy atom. The van der Waals surface area contributed by atoms with Crippen LogP contribution in [-0.4, -0.2) is 29.7 Å². The minimum Gasteiger partial charge on any atom is -0.478 e. The number of rotatable bonds is 6. The second kappa shape index (κ2) is 7.96. The van der Waals surface area contributed by atoms with Crippen molar-refractivity contribution in [3.63, 3.8) is 0 Å². The van der Waals surface area contributed by atoms with E-state index >= 15 is 0 Å². The summed E-state index contributed by atoms with van der Waals surface area (Å²) in [6.45, 7) is 1.46. The maximum atomic E-state index is 12.4. The van der Waals surface area contributed by atoms with Gasteiger partial charge in [-0.05, 0) is 19.1 Å². The standard InChI is InChI=1S/C18H17NO6/c1-2-24-16(22)18(15(20)21,13-9-5-3-6-10-13)25-17(23)19-14-11-7-4-8-12-14/h3-12H,2H2,1H3,(H,19,23)(H,20,21). The number of carboxylic acids is 1. The lowest BCUT2D eigenvalue weighted by molar-refractivity contribution is -0.180. The van der Waals surface area contributed by atoms with Gasteiger partial charge in [-0.25, -0.2) is 14.4 Å². The number of hydrogen-bond acceptors (Lipinski definition) is 5. The van der Waals surface area contributed by atoms with E-state index in [4.69, 9.17) is 9.47 Å².